The number of imide groups is 1. The summed E-state index contributed by atoms with van der Waals surface area (Å²) in [4.78, 5) is 41.7. The van der Waals surface area contributed by atoms with E-state index in [1.165, 1.54) is 5.56 Å². The van der Waals surface area contributed by atoms with Gasteiger partial charge in [-0.3, -0.25) is 19.3 Å². The summed E-state index contributed by atoms with van der Waals surface area (Å²) < 4.78 is 2.05. The second-order valence-corrected chi connectivity index (χ2v) is 9.14. The summed E-state index contributed by atoms with van der Waals surface area (Å²) in [7, 11) is 0. The Labute approximate surface area is 196 Å². The SMILES string of the molecule is C=CCn1cc(C=C2SC(=O)N(CC(=O)N3CCc4ccccc4C3)C2=O)c2ccccc21. The number of fused-ring (bicyclic) bond motifs is 2. The topological polar surface area (TPSA) is 62.6 Å². The second kappa shape index (κ2) is 8.75. The van der Waals surface area contributed by atoms with Crippen LogP contribution >= 0.6 is 11.8 Å². The van der Waals surface area contributed by atoms with Crippen molar-refractivity contribution in [2.75, 3.05) is 13.1 Å². The molecule has 3 heterocycles. The third-order valence-corrected chi connectivity index (χ3v) is 6.99. The van der Waals surface area contributed by atoms with E-state index in [-0.39, 0.29) is 12.5 Å². The molecule has 0 atom stereocenters. The Kier molecular flexibility index (Phi) is 5.64. The first kappa shape index (κ1) is 21.3. The first-order valence-electron chi connectivity index (χ1n) is 10.8. The highest BCUT2D eigenvalue weighted by molar-refractivity contribution is 8.18. The molecule has 3 amide bonds. The Balaban J connectivity index is 1.35. The zero-order valence-corrected chi connectivity index (χ0v) is 18.9. The Hall–Kier alpha value is -3.58. The first-order valence-corrected chi connectivity index (χ1v) is 11.7. The summed E-state index contributed by atoms with van der Waals surface area (Å²) >= 11 is 0.883. The summed E-state index contributed by atoms with van der Waals surface area (Å²) in [5.74, 6) is -0.632. The van der Waals surface area contributed by atoms with Gasteiger partial charge in [-0.15, -0.1) is 6.58 Å². The molecule has 7 heteroatoms. The molecule has 0 spiro atoms. The van der Waals surface area contributed by atoms with Crippen LogP contribution in [0.1, 0.15) is 16.7 Å². The molecule has 0 saturated carbocycles. The van der Waals surface area contributed by atoms with Gasteiger partial charge in [0.2, 0.25) is 5.91 Å². The van der Waals surface area contributed by atoms with E-state index in [0.717, 1.165) is 45.1 Å². The van der Waals surface area contributed by atoms with Gasteiger partial charge >= 0.3 is 0 Å². The molecule has 5 rings (SSSR count). The lowest BCUT2D eigenvalue weighted by Gasteiger charge is -2.29. The minimum Gasteiger partial charge on any atom is -0.343 e. The molecule has 1 saturated heterocycles. The number of hydrogen-bond acceptors (Lipinski definition) is 4. The van der Waals surface area contributed by atoms with Gasteiger partial charge < -0.3 is 9.47 Å². The van der Waals surface area contributed by atoms with Crippen LogP contribution in [0.3, 0.4) is 0 Å². The number of aromatic nitrogens is 1. The molecule has 2 aliphatic heterocycles. The number of carbonyl (C=O) groups excluding carboxylic acids is 3. The molecule has 1 fully saturated rings. The lowest BCUT2D eigenvalue weighted by Crippen LogP contribution is -2.44. The number of para-hydroxylation sites is 1. The maximum Gasteiger partial charge on any atom is 0.294 e. The molecule has 0 bridgehead atoms. The fraction of sp³-hybridized carbons (Fsp3) is 0.192. The summed E-state index contributed by atoms with van der Waals surface area (Å²) in [6, 6.07) is 16.0. The molecule has 0 radical (unpaired) electrons. The van der Waals surface area contributed by atoms with Crippen LogP contribution in [0.25, 0.3) is 17.0 Å². The van der Waals surface area contributed by atoms with Gasteiger partial charge in [0.05, 0.1) is 4.91 Å². The van der Waals surface area contributed by atoms with Crippen LogP contribution in [-0.4, -0.2) is 44.5 Å². The fourth-order valence-corrected chi connectivity index (χ4v) is 5.23. The first-order chi connectivity index (χ1) is 16.0. The lowest BCUT2D eigenvalue weighted by molar-refractivity contribution is -0.136. The summed E-state index contributed by atoms with van der Waals surface area (Å²) in [5.41, 5.74) is 4.24. The van der Waals surface area contributed by atoms with E-state index < -0.39 is 11.1 Å². The number of amides is 3. The number of carbonyl (C=O) groups is 3. The number of benzene rings is 2. The average molecular weight is 458 g/mol. The van der Waals surface area contributed by atoms with Gasteiger partial charge in [-0.1, -0.05) is 48.5 Å². The van der Waals surface area contributed by atoms with Crippen molar-refractivity contribution < 1.29 is 14.4 Å². The van der Waals surface area contributed by atoms with Gasteiger partial charge in [0.25, 0.3) is 11.1 Å². The standard InChI is InChI=1S/C26H23N3O3S/c1-2-12-27-16-20(21-9-5-6-10-22(21)27)14-23-25(31)29(26(32)33-23)17-24(30)28-13-11-18-7-3-4-8-19(18)15-28/h2-10,14,16H,1,11-13,15,17H2. The van der Waals surface area contributed by atoms with Crippen molar-refractivity contribution in [3.05, 3.63) is 89.0 Å². The van der Waals surface area contributed by atoms with Gasteiger partial charge in [0, 0.05) is 42.3 Å². The minimum absolute atomic E-state index is 0.212. The van der Waals surface area contributed by atoms with Gasteiger partial charge in [0.1, 0.15) is 6.54 Å². The van der Waals surface area contributed by atoms with Crippen molar-refractivity contribution in [2.45, 2.75) is 19.5 Å². The maximum atomic E-state index is 13.0. The predicted octanol–water partition coefficient (Wildman–Crippen LogP) is 4.45. The molecular formula is C26H23N3O3S. The van der Waals surface area contributed by atoms with Gasteiger partial charge in [0.15, 0.2) is 0 Å². The van der Waals surface area contributed by atoms with Crippen molar-refractivity contribution in [3.63, 3.8) is 0 Å². The van der Waals surface area contributed by atoms with E-state index in [4.69, 9.17) is 0 Å². The fourth-order valence-electron chi connectivity index (χ4n) is 4.40. The second-order valence-electron chi connectivity index (χ2n) is 8.14. The van der Waals surface area contributed by atoms with E-state index in [1.54, 1.807) is 11.0 Å². The Morgan fingerprint density at radius 3 is 2.64 bits per heavy atom. The molecule has 1 aromatic heterocycles. The molecule has 33 heavy (non-hydrogen) atoms. The number of hydrogen-bond donors (Lipinski definition) is 0. The Morgan fingerprint density at radius 2 is 1.82 bits per heavy atom. The smallest absolute Gasteiger partial charge is 0.294 e. The number of rotatable bonds is 5. The van der Waals surface area contributed by atoms with Crippen LogP contribution in [0.5, 0.6) is 0 Å². The highest BCUT2D eigenvalue weighted by Gasteiger charge is 2.37. The van der Waals surface area contributed by atoms with Crippen LogP contribution in [0.2, 0.25) is 0 Å². The highest BCUT2D eigenvalue weighted by atomic mass is 32.2. The molecule has 2 aliphatic rings. The molecular weight excluding hydrogens is 434 g/mol. The average Bonchev–Trinajstić information content (AvgIpc) is 3.31. The third-order valence-electron chi connectivity index (χ3n) is 6.08. The van der Waals surface area contributed by atoms with Crippen molar-refractivity contribution in [1.82, 2.24) is 14.4 Å². The monoisotopic (exact) mass is 457 g/mol. The zero-order chi connectivity index (χ0) is 22.9. The normalized spacial score (nSPS) is 17.2. The number of allylic oxidation sites excluding steroid dienone is 1. The van der Waals surface area contributed by atoms with Crippen molar-refractivity contribution in [1.29, 1.82) is 0 Å². The van der Waals surface area contributed by atoms with Crippen molar-refractivity contribution in [3.8, 4) is 0 Å². The van der Waals surface area contributed by atoms with E-state index in [1.807, 2.05) is 54.7 Å². The van der Waals surface area contributed by atoms with Crippen LogP contribution < -0.4 is 0 Å². The predicted molar refractivity (Wildman–Crippen MR) is 130 cm³/mol. The highest BCUT2D eigenvalue weighted by Crippen LogP contribution is 2.34. The van der Waals surface area contributed by atoms with Crippen LogP contribution in [0.4, 0.5) is 4.79 Å². The molecule has 6 nitrogen and oxygen atoms in total. The zero-order valence-electron chi connectivity index (χ0n) is 18.1. The molecule has 3 aromatic rings. The summed E-state index contributed by atoms with van der Waals surface area (Å²) in [6.07, 6.45) is 6.29. The van der Waals surface area contributed by atoms with Gasteiger partial charge in [-0.2, -0.15) is 0 Å². The lowest BCUT2D eigenvalue weighted by atomic mass is 10.00. The number of thioether (sulfide) groups is 1. The molecule has 0 aliphatic carbocycles. The van der Waals surface area contributed by atoms with Crippen LogP contribution in [0.15, 0.2) is 72.3 Å². The molecule has 0 N–H and O–H groups in total. The third kappa shape index (κ3) is 4.00. The summed E-state index contributed by atoms with van der Waals surface area (Å²) in [5, 5.41) is 0.584. The summed E-state index contributed by atoms with van der Waals surface area (Å²) in [6.45, 7) is 5.30. The van der Waals surface area contributed by atoms with Crippen LogP contribution in [0, 0.1) is 0 Å². The van der Waals surface area contributed by atoms with E-state index in [2.05, 4.69) is 17.2 Å². The Bertz CT molecular complexity index is 1320. The molecule has 166 valence electrons. The minimum atomic E-state index is -0.420. The maximum absolute atomic E-state index is 13.0. The van der Waals surface area contributed by atoms with Gasteiger partial charge in [-0.25, -0.2) is 0 Å². The Morgan fingerprint density at radius 1 is 1.06 bits per heavy atom. The van der Waals surface area contributed by atoms with Crippen LogP contribution in [-0.2, 0) is 29.1 Å². The van der Waals surface area contributed by atoms with E-state index >= 15 is 0 Å². The van der Waals surface area contributed by atoms with Crippen molar-refractivity contribution in [2.24, 2.45) is 0 Å². The quantitative estimate of drug-likeness (QED) is 0.420. The largest absolute Gasteiger partial charge is 0.343 e. The molecule has 2 aromatic carbocycles. The van der Waals surface area contributed by atoms with Gasteiger partial charge in [-0.05, 0) is 41.5 Å². The van der Waals surface area contributed by atoms with E-state index in [0.29, 0.717) is 24.5 Å². The van der Waals surface area contributed by atoms with E-state index in [9.17, 15) is 14.4 Å². The van der Waals surface area contributed by atoms with Crippen molar-refractivity contribution >= 4 is 45.8 Å². The number of nitrogens with zero attached hydrogens (tertiary/aromatic N) is 3. The molecule has 0 unspecified atom stereocenters.